The lowest BCUT2D eigenvalue weighted by Gasteiger charge is -2.29. The highest BCUT2D eigenvalue weighted by Crippen LogP contribution is 2.39. The van der Waals surface area contributed by atoms with Crippen LogP contribution in [-0.2, 0) is 6.54 Å². The van der Waals surface area contributed by atoms with E-state index in [1.807, 2.05) is 6.92 Å². The van der Waals surface area contributed by atoms with Crippen LogP contribution in [0.25, 0.3) is 0 Å². The van der Waals surface area contributed by atoms with Gasteiger partial charge in [-0.3, -0.25) is 0 Å². The Kier molecular flexibility index (Phi) is 4.83. The van der Waals surface area contributed by atoms with Gasteiger partial charge in [0.1, 0.15) is 5.75 Å². The van der Waals surface area contributed by atoms with Crippen molar-refractivity contribution < 1.29 is 18.6 Å². The highest BCUT2D eigenvalue weighted by atomic mass is 35.5. The second-order valence-corrected chi connectivity index (χ2v) is 5.75. The number of ether oxygens (including phenoxy) is 1. The molecule has 1 aromatic carbocycles. The van der Waals surface area contributed by atoms with E-state index >= 15 is 0 Å². The Labute approximate surface area is 121 Å². The Morgan fingerprint density at radius 2 is 2.20 bits per heavy atom. The maximum atomic E-state index is 12.1. The number of hydrogen-bond acceptors (Lipinski definition) is 3. The van der Waals surface area contributed by atoms with E-state index in [-0.39, 0.29) is 22.9 Å². The highest BCUT2D eigenvalue weighted by Gasteiger charge is 2.40. The third-order valence-corrected chi connectivity index (χ3v) is 4.01. The summed E-state index contributed by atoms with van der Waals surface area (Å²) >= 11 is 5.90. The highest BCUT2D eigenvalue weighted by molar-refractivity contribution is 6.32. The number of nitrogens with one attached hydrogen (secondary N) is 1. The monoisotopic (exact) mass is 305 g/mol. The van der Waals surface area contributed by atoms with Crippen molar-refractivity contribution in [3.63, 3.8) is 0 Å². The molecule has 1 fully saturated rings. The Balaban J connectivity index is 1.98. The van der Waals surface area contributed by atoms with Crippen LogP contribution in [0.3, 0.4) is 0 Å². The van der Waals surface area contributed by atoms with Crippen molar-refractivity contribution in [2.45, 2.75) is 38.5 Å². The molecule has 0 amide bonds. The van der Waals surface area contributed by atoms with Gasteiger partial charge in [0.25, 0.3) is 0 Å². The van der Waals surface area contributed by atoms with Crippen LogP contribution in [0.4, 0.5) is 8.78 Å². The summed E-state index contributed by atoms with van der Waals surface area (Å²) in [6.07, 6.45) is 2.23. The predicted molar refractivity (Wildman–Crippen MR) is 73.1 cm³/mol. The second-order valence-electron chi connectivity index (χ2n) is 5.35. The summed E-state index contributed by atoms with van der Waals surface area (Å²) in [6.45, 7) is -0.315. The molecular formula is C14H18ClF2NO2. The Morgan fingerprint density at radius 3 is 2.70 bits per heavy atom. The first kappa shape index (κ1) is 15.5. The average Bonchev–Trinajstić information content (AvgIpc) is 3.23. The lowest BCUT2D eigenvalue weighted by atomic mass is 9.96. The molecule has 1 aliphatic rings. The minimum atomic E-state index is -2.89. The third-order valence-electron chi connectivity index (χ3n) is 3.72. The van der Waals surface area contributed by atoms with Crippen molar-refractivity contribution >= 4 is 11.6 Å². The molecule has 2 rings (SSSR count). The van der Waals surface area contributed by atoms with Gasteiger partial charge in [-0.25, -0.2) is 0 Å². The number of aliphatic hydroxyl groups excluding tert-OH is 1. The van der Waals surface area contributed by atoms with Crippen LogP contribution in [0.2, 0.25) is 5.02 Å². The van der Waals surface area contributed by atoms with E-state index < -0.39 is 6.61 Å². The number of aliphatic hydroxyl groups is 1. The SMILES string of the molecule is CC(CO)(NCc1ccc(OC(F)F)c(Cl)c1)C1CC1. The minimum Gasteiger partial charge on any atom is -0.433 e. The molecule has 0 bridgehead atoms. The number of benzene rings is 1. The fraction of sp³-hybridized carbons (Fsp3) is 0.571. The minimum absolute atomic E-state index is 0.0301. The van der Waals surface area contributed by atoms with Crippen molar-refractivity contribution in [3.05, 3.63) is 28.8 Å². The van der Waals surface area contributed by atoms with E-state index in [1.54, 1.807) is 12.1 Å². The van der Waals surface area contributed by atoms with Crippen molar-refractivity contribution in [1.29, 1.82) is 0 Å². The molecule has 20 heavy (non-hydrogen) atoms. The van der Waals surface area contributed by atoms with Gasteiger partial charge in [0, 0.05) is 12.1 Å². The molecule has 3 nitrogen and oxygen atoms in total. The van der Waals surface area contributed by atoms with Crippen LogP contribution >= 0.6 is 11.6 Å². The van der Waals surface area contributed by atoms with Crippen LogP contribution in [-0.4, -0.2) is 23.9 Å². The van der Waals surface area contributed by atoms with Crippen LogP contribution in [0.5, 0.6) is 5.75 Å². The number of alkyl halides is 2. The molecule has 1 saturated carbocycles. The van der Waals surface area contributed by atoms with Gasteiger partial charge in [-0.1, -0.05) is 17.7 Å². The Bertz CT molecular complexity index is 468. The first-order valence-corrected chi connectivity index (χ1v) is 6.91. The fourth-order valence-electron chi connectivity index (χ4n) is 2.20. The molecule has 0 aromatic heterocycles. The van der Waals surface area contributed by atoms with E-state index in [0.717, 1.165) is 18.4 Å². The van der Waals surface area contributed by atoms with Crippen molar-refractivity contribution in [1.82, 2.24) is 5.32 Å². The zero-order valence-electron chi connectivity index (χ0n) is 11.2. The number of halogens is 3. The summed E-state index contributed by atoms with van der Waals surface area (Å²) in [5.74, 6) is 0.460. The summed E-state index contributed by atoms with van der Waals surface area (Å²) in [4.78, 5) is 0. The fourth-order valence-corrected chi connectivity index (χ4v) is 2.45. The largest absolute Gasteiger partial charge is 0.433 e. The number of rotatable bonds is 7. The molecule has 0 heterocycles. The van der Waals surface area contributed by atoms with E-state index in [0.29, 0.717) is 12.5 Å². The molecule has 1 aliphatic carbocycles. The summed E-state index contributed by atoms with van der Waals surface area (Å²) in [7, 11) is 0. The predicted octanol–water partition coefficient (Wildman–Crippen LogP) is 3.19. The molecule has 1 aromatic rings. The molecule has 6 heteroatoms. The summed E-state index contributed by atoms with van der Waals surface area (Å²) in [6, 6.07) is 4.71. The molecule has 0 spiro atoms. The first-order chi connectivity index (χ1) is 9.44. The van der Waals surface area contributed by atoms with Crippen LogP contribution in [0.1, 0.15) is 25.3 Å². The topological polar surface area (TPSA) is 41.5 Å². The van der Waals surface area contributed by atoms with E-state index in [2.05, 4.69) is 10.1 Å². The maximum absolute atomic E-state index is 12.1. The molecule has 1 unspecified atom stereocenters. The van der Waals surface area contributed by atoms with Gasteiger partial charge in [0.15, 0.2) is 0 Å². The first-order valence-electron chi connectivity index (χ1n) is 6.54. The molecule has 0 radical (unpaired) electrons. The van der Waals surface area contributed by atoms with Gasteiger partial charge in [-0.2, -0.15) is 8.78 Å². The zero-order chi connectivity index (χ0) is 14.8. The van der Waals surface area contributed by atoms with Crippen molar-refractivity contribution in [2.24, 2.45) is 5.92 Å². The van der Waals surface area contributed by atoms with Gasteiger partial charge < -0.3 is 15.2 Å². The standard InChI is InChI=1S/C14H18ClF2NO2/c1-14(8-19,10-3-4-10)18-7-9-2-5-12(11(15)6-9)20-13(16)17/h2,5-6,10,13,18-19H,3-4,7-8H2,1H3. The van der Waals surface area contributed by atoms with Gasteiger partial charge in [-0.05, 0) is 43.4 Å². The van der Waals surface area contributed by atoms with Gasteiger partial charge >= 0.3 is 6.61 Å². The van der Waals surface area contributed by atoms with Gasteiger partial charge in [0.05, 0.1) is 11.6 Å². The van der Waals surface area contributed by atoms with Gasteiger partial charge in [-0.15, -0.1) is 0 Å². The smallest absolute Gasteiger partial charge is 0.387 e. The Hall–Kier alpha value is -0.910. The lowest BCUT2D eigenvalue weighted by Crippen LogP contribution is -2.47. The van der Waals surface area contributed by atoms with Crippen molar-refractivity contribution in [2.75, 3.05) is 6.61 Å². The molecule has 1 atom stereocenters. The van der Waals surface area contributed by atoms with Crippen LogP contribution in [0, 0.1) is 5.92 Å². The second kappa shape index (κ2) is 6.24. The Morgan fingerprint density at radius 1 is 1.50 bits per heavy atom. The van der Waals surface area contributed by atoms with Crippen molar-refractivity contribution in [3.8, 4) is 5.75 Å². The third kappa shape index (κ3) is 3.81. The quantitative estimate of drug-likeness (QED) is 0.813. The van der Waals surface area contributed by atoms with Crippen LogP contribution in [0.15, 0.2) is 18.2 Å². The van der Waals surface area contributed by atoms with E-state index in [1.165, 1.54) is 6.07 Å². The molecule has 0 saturated heterocycles. The summed E-state index contributed by atoms with van der Waals surface area (Å²) < 4.78 is 28.5. The van der Waals surface area contributed by atoms with Gasteiger partial charge in [0.2, 0.25) is 0 Å². The molecule has 112 valence electrons. The summed E-state index contributed by atoms with van der Waals surface area (Å²) in [5, 5.41) is 12.9. The normalized spacial score (nSPS) is 18.1. The van der Waals surface area contributed by atoms with E-state index in [9.17, 15) is 13.9 Å². The summed E-state index contributed by atoms with van der Waals surface area (Å²) in [5.41, 5.74) is 0.557. The molecule has 2 N–H and O–H groups in total. The number of hydrogen-bond donors (Lipinski definition) is 2. The van der Waals surface area contributed by atoms with Crippen LogP contribution < -0.4 is 10.1 Å². The van der Waals surface area contributed by atoms with E-state index in [4.69, 9.17) is 11.6 Å². The molecular weight excluding hydrogens is 288 g/mol. The lowest BCUT2D eigenvalue weighted by molar-refractivity contribution is -0.0497. The maximum Gasteiger partial charge on any atom is 0.387 e. The zero-order valence-corrected chi connectivity index (χ0v) is 12.0. The molecule has 0 aliphatic heterocycles. The average molecular weight is 306 g/mol.